The van der Waals surface area contributed by atoms with Gasteiger partial charge in [-0.15, -0.1) is 0 Å². The summed E-state index contributed by atoms with van der Waals surface area (Å²) in [6, 6.07) is 0. The van der Waals surface area contributed by atoms with Gasteiger partial charge in [0.1, 0.15) is 0 Å². The number of Topliss-reactive ketones (excluding diaryl/α,β-unsaturated/α-hetero) is 1. The van der Waals surface area contributed by atoms with Gasteiger partial charge < -0.3 is 9.64 Å². The molecule has 0 heterocycles. The van der Waals surface area contributed by atoms with Gasteiger partial charge in [0, 0.05) is 25.6 Å². The zero-order valence-electron chi connectivity index (χ0n) is 12.0. The van der Waals surface area contributed by atoms with Gasteiger partial charge in [-0.25, -0.2) is 4.79 Å². The summed E-state index contributed by atoms with van der Waals surface area (Å²) in [4.78, 5) is 35.4. The van der Waals surface area contributed by atoms with E-state index in [2.05, 4.69) is 6.58 Å². The normalized spacial score (nSPS) is 9.84. The SMILES string of the molecule is C=C(C)C(=O)OCCCN(CCCC)C(=O)C(C)=O. The fraction of sp³-hybridized carbons (Fsp3) is 0.643. The summed E-state index contributed by atoms with van der Waals surface area (Å²) in [5, 5.41) is 0. The Morgan fingerprint density at radius 3 is 2.16 bits per heavy atom. The molecule has 0 atom stereocenters. The fourth-order valence-electron chi connectivity index (χ4n) is 1.43. The lowest BCUT2D eigenvalue weighted by atomic mass is 10.2. The highest BCUT2D eigenvalue weighted by molar-refractivity contribution is 6.35. The minimum Gasteiger partial charge on any atom is -0.462 e. The lowest BCUT2D eigenvalue weighted by Crippen LogP contribution is -2.37. The molecule has 0 aliphatic heterocycles. The van der Waals surface area contributed by atoms with Crippen molar-refractivity contribution in [1.29, 1.82) is 0 Å². The van der Waals surface area contributed by atoms with Crippen LogP contribution in [0.4, 0.5) is 0 Å². The third-order valence-electron chi connectivity index (χ3n) is 2.52. The standard InChI is InChI=1S/C14H23NO4/c1-5-6-8-15(13(17)12(4)16)9-7-10-19-14(18)11(2)3/h2,5-10H2,1,3-4H3. The van der Waals surface area contributed by atoms with Crippen molar-refractivity contribution in [2.75, 3.05) is 19.7 Å². The Bertz CT molecular complexity index is 349. The molecule has 1 amide bonds. The molecule has 0 aromatic heterocycles. The van der Waals surface area contributed by atoms with Crippen molar-refractivity contribution in [3.63, 3.8) is 0 Å². The minimum atomic E-state index is -0.473. The van der Waals surface area contributed by atoms with Gasteiger partial charge in [-0.1, -0.05) is 19.9 Å². The molecule has 0 aromatic rings. The Kier molecular flexibility index (Phi) is 8.49. The molecule has 108 valence electrons. The molecule has 0 bridgehead atoms. The number of hydrogen-bond acceptors (Lipinski definition) is 4. The monoisotopic (exact) mass is 269 g/mol. The number of esters is 1. The van der Waals surface area contributed by atoms with E-state index in [9.17, 15) is 14.4 Å². The first-order valence-electron chi connectivity index (χ1n) is 6.52. The van der Waals surface area contributed by atoms with Crippen molar-refractivity contribution >= 4 is 17.7 Å². The van der Waals surface area contributed by atoms with Gasteiger partial charge in [0.05, 0.1) is 6.61 Å². The number of hydrogen-bond donors (Lipinski definition) is 0. The molecule has 0 rings (SSSR count). The van der Waals surface area contributed by atoms with Gasteiger partial charge in [-0.05, 0) is 19.8 Å². The number of rotatable bonds is 9. The van der Waals surface area contributed by atoms with Crippen molar-refractivity contribution < 1.29 is 19.1 Å². The molecule has 5 nitrogen and oxygen atoms in total. The largest absolute Gasteiger partial charge is 0.462 e. The predicted octanol–water partition coefficient (Wildman–Crippen LogP) is 1.71. The summed E-state index contributed by atoms with van der Waals surface area (Å²) in [5.41, 5.74) is 0.350. The molecule has 19 heavy (non-hydrogen) atoms. The zero-order valence-corrected chi connectivity index (χ0v) is 12.0. The van der Waals surface area contributed by atoms with E-state index in [0.29, 0.717) is 25.1 Å². The molecule has 0 N–H and O–H groups in total. The lowest BCUT2D eigenvalue weighted by Gasteiger charge is -2.21. The maximum absolute atomic E-state index is 11.6. The lowest BCUT2D eigenvalue weighted by molar-refractivity contribution is -0.144. The van der Waals surface area contributed by atoms with Crippen molar-refractivity contribution in [2.24, 2.45) is 0 Å². The van der Waals surface area contributed by atoms with Crippen molar-refractivity contribution in [3.8, 4) is 0 Å². The third kappa shape index (κ3) is 7.39. The third-order valence-corrected chi connectivity index (χ3v) is 2.52. The summed E-state index contributed by atoms with van der Waals surface area (Å²) < 4.78 is 4.94. The minimum absolute atomic E-state index is 0.222. The van der Waals surface area contributed by atoms with Crippen LogP contribution in [-0.2, 0) is 19.1 Å². The number of nitrogens with zero attached hydrogens (tertiary/aromatic N) is 1. The van der Waals surface area contributed by atoms with Crippen LogP contribution in [0.3, 0.4) is 0 Å². The van der Waals surface area contributed by atoms with Gasteiger partial charge >= 0.3 is 5.97 Å². The quantitative estimate of drug-likeness (QED) is 0.277. The topological polar surface area (TPSA) is 63.7 Å². The van der Waals surface area contributed by atoms with Gasteiger partial charge in [-0.3, -0.25) is 9.59 Å². The maximum Gasteiger partial charge on any atom is 0.333 e. The average Bonchev–Trinajstić information content (AvgIpc) is 2.36. The maximum atomic E-state index is 11.6. The van der Waals surface area contributed by atoms with E-state index in [1.54, 1.807) is 6.92 Å². The van der Waals surface area contributed by atoms with Gasteiger partial charge in [0.25, 0.3) is 5.91 Å². The van der Waals surface area contributed by atoms with Crippen LogP contribution < -0.4 is 0 Å². The van der Waals surface area contributed by atoms with E-state index in [0.717, 1.165) is 12.8 Å². The number of ether oxygens (including phenoxy) is 1. The Labute approximate surface area is 114 Å². The molecule has 0 saturated heterocycles. The van der Waals surface area contributed by atoms with Crippen molar-refractivity contribution in [3.05, 3.63) is 12.2 Å². The Balaban J connectivity index is 4.12. The highest BCUT2D eigenvalue weighted by Gasteiger charge is 2.17. The summed E-state index contributed by atoms with van der Waals surface area (Å²) >= 11 is 0. The van der Waals surface area contributed by atoms with Gasteiger partial charge in [-0.2, -0.15) is 0 Å². The van der Waals surface area contributed by atoms with Crippen LogP contribution in [0.5, 0.6) is 0 Å². The number of amides is 1. The molecular weight excluding hydrogens is 246 g/mol. The first kappa shape index (κ1) is 17.4. The van der Waals surface area contributed by atoms with E-state index >= 15 is 0 Å². The fourth-order valence-corrected chi connectivity index (χ4v) is 1.43. The molecule has 0 aliphatic carbocycles. The van der Waals surface area contributed by atoms with E-state index < -0.39 is 17.7 Å². The molecule has 5 heteroatoms. The van der Waals surface area contributed by atoms with Gasteiger partial charge in [0.2, 0.25) is 5.78 Å². The highest BCUT2D eigenvalue weighted by atomic mass is 16.5. The second kappa shape index (κ2) is 9.30. The van der Waals surface area contributed by atoms with E-state index in [1.807, 2.05) is 6.92 Å². The second-order valence-electron chi connectivity index (χ2n) is 4.47. The second-order valence-corrected chi connectivity index (χ2v) is 4.47. The Morgan fingerprint density at radius 1 is 1.11 bits per heavy atom. The van der Waals surface area contributed by atoms with Crippen LogP contribution in [0.25, 0.3) is 0 Å². The summed E-state index contributed by atoms with van der Waals surface area (Å²) in [7, 11) is 0. The number of carbonyl (C=O) groups excluding carboxylic acids is 3. The smallest absolute Gasteiger partial charge is 0.333 e. The average molecular weight is 269 g/mol. The molecule has 0 aromatic carbocycles. The van der Waals surface area contributed by atoms with Crippen molar-refractivity contribution in [2.45, 2.75) is 40.0 Å². The molecule has 0 aliphatic rings. The first-order valence-corrected chi connectivity index (χ1v) is 6.52. The number of ketones is 1. The molecular formula is C14H23NO4. The van der Waals surface area contributed by atoms with Crippen LogP contribution in [0.1, 0.15) is 40.0 Å². The van der Waals surface area contributed by atoms with E-state index in [4.69, 9.17) is 4.74 Å². The molecule has 0 saturated carbocycles. The van der Waals surface area contributed by atoms with E-state index in [1.165, 1.54) is 11.8 Å². The van der Waals surface area contributed by atoms with Crippen LogP contribution in [0.2, 0.25) is 0 Å². The molecule has 0 spiro atoms. The number of carbonyl (C=O) groups is 3. The number of unbranched alkanes of at least 4 members (excludes halogenated alkanes) is 1. The van der Waals surface area contributed by atoms with Gasteiger partial charge in [0.15, 0.2) is 0 Å². The molecule has 0 fully saturated rings. The Morgan fingerprint density at radius 2 is 1.68 bits per heavy atom. The zero-order chi connectivity index (χ0) is 14.8. The van der Waals surface area contributed by atoms with Crippen LogP contribution in [0.15, 0.2) is 12.2 Å². The van der Waals surface area contributed by atoms with Crippen LogP contribution >= 0.6 is 0 Å². The summed E-state index contributed by atoms with van der Waals surface area (Å²) in [6.07, 6.45) is 2.32. The predicted molar refractivity (Wildman–Crippen MR) is 72.6 cm³/mol. The summed E-state index contributed by atoms with van der Waals surface area (Å²) in [6.45, 7) is 9.54. The molecule has 0 radical (unpaired) electrons. The molecule has 0 unspecified atom stereocenters. The first-order chi connectivity index (χ1) is 8.90. The van der Waals surface area contributed by atoms with Crippen molar-refractivity contribution in [1.82, 2.24) is 4.90 Å². The van der Waals surface area contributed by atoms with Crippen LogP contribution in [-0.4, -0.2) is 42.3 Å². The van der Waals surface area contributed by atoms with E-state index in [-0.39, 0.29) is 6.61 Å². The summed E-state index contributed by atoms with van der Waals surface area (Å²) in [5.74, 6) is -1.37. The Hall–Kier alpha value is -1.65. The van der Waals surface area contributed by atoms with Crippen LogP contribution in [0, 0.1) is 0 Å². The highest BCUT2D eigenvalue weighted by Crippen LogP contribution is 2.00.